The number of aliphatic hydroxyl groups excluding tert-OH is 2. The van der Waals surface area contributed by atoms with Crippen molar-refractivity contribution < 1.29 is 66.2 Å². The van der Waals surface area contributed by atoms with E-state index < -0.39 is 60.3 Å². The van der Waals surface area contributed by atoms with Crippen molar-refractivity contribution in [2.75, 3.05) is 12.4 Å². The molecule has 15 nitrogen and oxygen atoms in total. The first-order valence-corrected chi connectivity index (χ1v) is 13.7. The minimum atomic E-state index is -5.71. The van der Waals surface area contributed by atoms with Crippen LogP contribution in [-0.2, 0) is 36.4 Å². The Morgan fingerprint density at radius 3 is 2.42 bits per heavy atom. The fourth-order valence-corrected chi connectivity index (χ4v) is 6.72. The van der Waals surface area contributed by atoms with Crippen molar-refractivity contribution in [1.82, 2.24) is 0 Å². The Morgan fingerprint density at radius 2 is 1.77 bits per heavy atom. The number of phosphoric acid groups is 3. The number of hydrogen-bond acceptors (Lipinski definition) is 12. The first kappa shape index (κ1) is 25.1. The quantitative estimate of drug-likeness (QED) is 0.217. The van der Waals surface area contributed by atoms with Crippen LogP contribution in [0, 0.1) is 0 Å². The van der Waals surface area contributed by atoms with Crippen LogP contribution in [0.25, 0.3) is 0 Å². The van der Waals surface area contributed by atoms with Crippen molar-refractivity contribution in [3.63, 3.8) is 0 Å². The minimum absolute atomic E-state index is 0.0649. The van der Waals surface area contributed by atoms with E-state index in [4.69, 9.17) is 19.4 Å². The van der Waals surface area contributed by atoms with Gasteiger partial charge in [0.1, 0.15) is 29.5 Å². The number of fused-ring (bicyclic) bond motifs is 1. The zero-order chi connectivity index (χ0) is 23.2. The summed E-state index contributed by atoms with van der Waals surface area (Å²) in [5, 5.41) is 20.9. The summed E-state index contributed by atoms with van der Waals surface area (Å²) in [6, 6.07) is 0. The normalized spacial score (nSPS) is 32.6. The van der Waals surface area contributed by atoms with Crippen LogP contribution in [0.5, 0.6) is 0 Å². The number of carbonyl (C=O) groups excluding carboxylic acids is 1. The predicted octanol–water partition coefficient (Wildman–Crippen LogP) is -0.643. The summed E-state index contributed by atoms with van der Waals surface area (Å²) in [6.07, 6.45) is -3.37. The first-order chi connectivity index (χ1) is 14.2. The molecule has 6 N–H and O–H groups in total. The van der Waals surface area contributed by atoms with E-state index in [1.807, 2.05) is 0 Å². The highest BCUT2D eigenvalue weighted by Gasteiger charge is 2.49. The number of aliphatic hydroxyl groups is 2. The van der Waals surface area contributed by atoms with Crippen LogP contribution in [-0.4, -0.2) is 77.4 Å². The molecule has 0 aromatic carbocycles. The topological polar surface area (TPSA) is 239 Å². The molecular formula is C12H16NO14P3S. The monoisotopic (exact) mass is 523 g/mol. The van der Waals surface area contributed by atoms with Crippen molar-refractivity contribution in [3.05, 3.63) is 23.4 Å². The van der Waals surface area contributed by atoms with Gasteiger partial charge in [-0.2, -0.15) is 8.62 Å². The van der Waals surface area contributed by atoms with Gasteiger partial charge in [-0.3, -0.25) is 9.32 Å². The number of phosphoric ester groups is 1. The summed E-state index contributed by atoms with van der Waals surface area (Å²) in [5.74, 6) is 0.0697. The molecule has 174 valence electrons. The summed E-state index contributed by atoms with van der Waals surface area (Å²) >= 11 is 1.34. The van der Waals surface area contributed by atoms with Gasteiger partial charge in [0.25, 0.3) is 0 Å². The van der Waals surface area contributed by atoms with Gasteiger partial charge in [-0.1, -0.05) is 6.08 Å². The minimum Gasteiger partial charge on any atom is -0.387 e. The molecule has 6 atom stereocenters. The highest BCUT2D eigenvalue weighted by Crippen LogP contribution is 2.66. The molecule has 0 radical (unpaired) electrons. The molecule has 3 aliphatic rings. The Kier molecular flexibility index (Phi) is 7.29. The zero-order valence-corrected chi connectivity index (χ0v) is 18.5. The number of nitrogens with zero attached hydrogens (tertiary/aromatic N) is 1. The van der Waals surface area contributed by atoms with Crippen LogP contribution in [0.1, 0.15) is 0 Å². The molecule has 2 unspecified atom stereocenters. The highest BCUT2D eigenvalue weighted by atomic mass is 32.2. The maximum absolute atomic E-state index is 12.6. The van der Waals surface area contributed by atoms with Gasteiger partial charge in [0.05, 0.1) is 12.2 Å². The number of rotatable bonds is 8. The van der Waals surface area contributed by atoms with Crippen LogP contribution < -0.4 is 0 Å². The van der Waals surface area contributed by atoms with Crippen molar-refractivity contribution >= 4 is 46.1 Å². The van der Waals surface area contributed by atoms with Gasteiger partial charge in [0.2, 0.25) is 0 Å². The van der Waals surface area contributed by atoms with E-state index in [0.29, 0.717) is 16.4 Å². The molecule has 0 spiro atoms. The Balaban J connectivity index is 1.64. The van der Waals surface area contributed by atoms with Gasteiger partial charge in [0.15, 0.2) is 5.78 Å². The molecular weight excluding hydrogens is 507 g/mol. The van der Waals surface area contributed by atoms with Gasteiger partial charge >= 0.3 is 23.5 Å². The molecule has 1 saturated heterocycles. The summed E-state index contributed by atoms with van der Waals surface area (Å²) in [4.78, 5) is 52.2. The molecule has 0 aliphatic carbocycles. The molecule has 0 saturated carbocycles. The first-order valence-electron chi connectivity index (χ1n) is 8.15. The second kappa shape index (κ2) is 9.01. The van der Waals surface area contributed by atoms with E-state index in [-0.39, 0.29) is 5.57 Å². The largest absolute Gasteiger partial charge is 0.490 e. The predicted molar refractivity (Wildman–Crippen MR) is 102 cm³/mol. The average Bonchev–Trinajstić information content (AvgIpc) is 3.17. The highest BCUT2D eigenvalue weighted by molar-refractivity contribution is 8.15. The van der Waals surface area contributed by atoms with Gasteiger partial charge in [-0.25, -0.2) is 18.7 Å². The number of thioether (sulfide) groups is 1. The van der Waals surface area contributed by atoms with Crippen LogP contribution in [0.4, 0.5) is 0 Å². The lowest BCUT2D eigenvalue weighted by molar-refractivity contribution is -0.113. The second-order valence-corrected chi connectivity index (χ2v) is 11.7. The van der Waals surface area contributed by atoms with E-state index in [1.165, 1.54) is 18.0 Å². The summed E-state index contributed by atoms with van der Waals surface area (Å²) in [7, 11) is -16.7. The molecule has 0 aromatic heterocycles. The third-order valence-electron chi connectivity index (χ3n) is 4.05. The number of ether oxygens (including phenoxy) is 1. The number of aliphatic imine (C=N–C) groups is 1. The number of hydrogen-bond donors (Lipinski definition) is 6. The number of ketones is 1. The molecule has 31 heavy (non-hydrogen) atoms. The van der Waals surface area contributed by atoms with Crippen LogP contribution in [0.3, 0.4) is 0 Å². The third-order valence-corrected chi connectivity index (χ3v) is 8.79. The summed E-state index contributed by atoms with van der Waals surface area (Å²) in [5.41, 5.74) is 0.259. The van der Waals surface area contributed by atoms with Crippen molar-refractivity contribution in [1.29, 1.82) is 0 Å². The fourth-order valence-electron chi connectivity index (χ4n) is 2.82. The molecule has 3 aliphatic heterocycles. The molecule has 1 fully saturated rings. The van der Waals surface area contributed by atoms with Crippen LogP contribution in [0.2, 0.25) is 0 Å². The SMILES string of the molecule is O=C1C2=CCSC2=NC=C1[C@H]1O[C@H](COP(=O)(O)OP(=O)(O)OP(=O)(O)O)[C@@H](O)[C@H]1O. The Bertz CT molecular complexity index is 1000. The smallest absolute Gasteiger partial charge is 0.387 e. The van der Waals surface area contributed by atoms with Gasteiger partial charge < -0.3 is 34.5 Å². The number of carbonyl (C=O) groups is 1. The van der Waals surface area contributed by atoms with Crippen molar-refractivity contribution in [3.8, 4) is 0 Å². The molecule has 3 heterocycles. The molecule has 0 aromatic rings. The van der Waals surface area contributed by atoms with E-state index in [1.54, 1.807) is 6.08 Å². The lowest BCUT2D eigenvalue weighted by Gasteiger charge is -2.20. The van der Waals surface area contributed by atoms with Gasteiger partial charge in [-0.05, 0) is 0 Å². The fraction of sp³-hybridized carbons (Fsp3) is 0.500. The van der Waals surface area contributed by atoms with E-state index >= 15 is 0 Å². The molecule has 0 bridgehead atoms. The Labute approximate surface area is 177 Å². The molecule has 0 amide bonds. The summed E-state index contributed by atoms with van der Waals surface area (Å²) < 4.78 is 50.6. The zero-order valence-electron chi connectivity index (χ0n) is 15.0. The molecule has 3 rings (SSSR count). The standard InChI is InChI=1S/C12H16NO14P3S/c14-8-5-1-2-31-12(5)13-3-6(8)11-10(16)9(15)7(25-11)4-24-29(20,21)27-30(22,23)26-28(17,18)19/h1,3,7,9-11,15-16H,2,4H2,(H,20,21)(H,22,23)(H2,17,18,19)/t7-,9-,10-,11-/m1/s1. The number of Topliss-reactive ketones (excluding diaryl/α,β-unsaturated/α-hetero) is 1. The lowest BCUT2D eigenvalue weighted by Crippen LogP contribution is -2.36. The maximum atomic E-state index is 12.6. The van der Waals surface area contributed by atoms with E-state index in [2.05, 4.69) is 18.1 Å². The van der Waals surface area contributed by atoms with E-state index in [9.17, 15) is 33.6 Å². The maximum Gasteiger partial charge on any atom is 0.490 e. The second-order valence-electron chi connectivity index (χ2n) is 6.24. The Hall–Kier alpha value is -0.540. The third kappa shape index (κ3) is 6.08. The van der Waals surface area contributed by atoms with Crippen LogP contribution >= 0.6 is 35.2 Å². The van der Waals surface area contributed by atoms with Crippen LogP contribution in [0.15, 0.2) is 28.4 Å². The van der Waals surface area contributed by atoms with Gasteiger partial charge in [0, 0.05) is 17.5 Å². The summed E-state index contributed by atoms with van der Waals surface area (Å²) in [6.45, 7) is -0.979. The molecule has 19 heteroatoms. The van der Waals surface area contributed by atoms with E-state index in [0.717, 1.165) is 0 Å². The van der Waals surface area contributed by atoms with Crippen molar-refractivity contribution in [2.45, 2.75) is 24.4 Å². The Morgan fingerprint density at radius 1 is 1.10 bits per heavy atom. The average molecular weight is 523 g/mol. The van der Waals surface area contributed by atoms with Crippen molar-refractivity contribution in [2.24, 2.45) is 4.99 Å². The van der Waals surface area contributed by atoms with Gasteiger partial charge in [-0.15, -0.1) is 11.8 Å². The lowest BCUT2D eigenvalue weighted by atomic mass is 9.94.